The van der Waals surface area contributed by atoms with Gasteiger partial charge in [0.15, 0.2) is 0 Å². The summed E-state index contributed by atoms with van der Waals surface area (Å²) >= 11 is 0. The molecule has 1 aliphatic rings. The summed E-state index contributed by atoms with van der Waals surface area (Å²) in [5.41, 5.74) is 7.75. The van der Waals surface area contributed by atoms with Crippen molar-refractivity contribution in [3.63, 3.8) is 0 Å². The fraction of sp³-hybridized carbons (Fsp3) is 0.118. The maximum absolute atomic E-state index is 5.25. The molecule has 0 fully saturated rings. The van der Waals surface area contributed by atoms with Crippen LogP contribution in [0.5, 0.6) is 0 Å². The summed E-state index contributed by atoms with van der Waals surface area (Å²) in [4.78, 5) is 0. The van der Waals surface area contributed by atoms with E-state index in [1.54, 1.807) is 0 Å². The Bertz CT molecular complexity index is 1610. The van der Waals surface area contributed by atoms with Gasteiger partial charge in [0.25, 0.3) is 0 Å². The van der Waals surface area contributed by atoms with Gasteiger partial charge in [0.05, 0.1) is 22.8 Å². The van der Waals surface area contributed by atoms with Crippen LogP contribution in [0.4, 0.5) is 0 Å². The zero-order valence-corrected chi connectivity index (χ0v) is 21.5. The van der Waals surface area contributed by atoms with Gasteiger partial charge in [-0.15, -0.1) is 0 Å². The minimum atomic E-state index is -0.697. The Kier molecular flexibility index (Phi) is 4.98. The Morgan fingerprint density at radius 2 is 0.895 bits per heavy atom. The maximum Gasteiger partial charge on any atom is 0.108 e. The Morgan fingerprint density at radius 1 is 0.474 bits per heavy atom. The summed E-state index contributed by atoms with van der Waals surface area (Å²) in [5, 5.41) is 10.5. The van der Waals surface area contributed by atoms with Crippen molar-refractivity contribution >= 4 is 0 Å². The van der Waals surface area contributed by atoms with Crippen molar-refractivity contribution in [1.29, 1.82) is 0 Å². The smallest absolute Gasteiger partial charge is 0.108 e. The molecule has 0 N–H and O–H groups in total. The summed E-state index contributed by atoms with van der Waals surface area (Å²) in [7, 11) is 0. The molecule has 4 aromatic carbocycles. The average Bonchev–Trinajstić information content (AvgIpc) is 3.66. The van der Waals surface area contributed by atoms with Gasteiger partial charge in [0.1, 0.15) is 5.41 Å². The first-order chi connectivity index (χ1) is 18.6. The maximum atomic E-state index is 5.25. The molecule has 38 heavy (non-hydrogen) atoms. The van der Waals surface area contributed by atoms with E-state index >= 15 is 0 Å². The molecule has 7 rings (SSSR count). The topological polar surface area (TPSA) is 35.6 Å². The molecule has 0 amide bonds. The predicted octanol–water partition coefficient (Wildman–Crippen LogP) is 7.08. The minimum absolute atomic E-state index is 0.195. The molecule has 0 saturated heterocycles. The molecule has 0 radical (unpaired) electrons. The highest BCUT2D eigenvalue weighted by molar-refractivity contribution is 5.57. The van der Waals surface area contributed by atoms with Crippen molar-refractivity contribution in [2.24, 2.45) is 0 Å². The van der Waals surface area contributed by atoms with Crippen LogP contribution in [0.3, 0.4) is 0 Å². The van der Waals surface area contributed by atoms with Gasteiger partial charge in [-0.3, -0.25) is 0 Å². The van der Waals surface area contributed by atoms with Crippen LogP contribution in [0.2, 0.25) is 0 Å². The van der Waals surface area contributed by atoms with E-state index in [1.807, 2.05) is 9.36 Å². The lowest BCUT2D eigenvalue weighted by Crippen LogP contribution is -2.32. The third-order valence-electron chi connectivity index (χ3n) is 8.02. The van der Waals surface area contributed by atoms with Gasteiger partial charge in [-0.05, 0) is 58.7 Å². The van der Waals surface area contributed by atoms with Gasteiger partial charge in [0.2, 0.25) is 0 Å². The highest BCUT2D eigenvalue weighted by atomic mass is 15.3. The summed E-state index contributed by atoms with van der Waals surface area (Å²) in [6.07, 6.45) is 4.14. The minimum Gasteiger partial charge on any atom is -0.241 e. The van der Waals surface area contributed by atoms with Crippen LogP contribution in [0.15, 0.2) is 134 Å². The Hall–Kier alpha value is -4.70. The van der Waals surface area contributed by atoms with E-state index in [0.29, 0.717) is 0 Å². The Labute approximate surface area is 222 Å². The summed E-state index contributed by atoms with van der Waals surface area (Å²) in [6.45, 7) is 4.55. The van der Waals surface area contributed by atoms with Gasteiger partial charge in [-0.25, -0.2) is 9.36 Å². The molecule has 3 heterocycles. The predicted molar refractivity (Wildman–Crippen MR) is 151 cm³/mol. The van der Waals surface area contributed by atoms with E-state index in [0.717, 1.165) is 33.9 Å². The molecule has 0 saturated carbocycles. The quantitative estimate of drug-likeness (QED) is 0.259. The molecule has 4 heteroatoms. The summed E-state index contributed by atoms with van der Waals surface area (Å²) in [6, 6.07) is 42.9. The highest BCUT2D eigenvalue weighted by Gasteiger charge is 2.43. The monoisotopic (exact) mass is 492 g/mol. The first-order valence-electron chi connectivity index (χ1n) is 13.0. The van der Waals surface area contributed by atoms with Crippen molar-refractivity contribution in [1.82, 2.24) is 19.6 Å². The molecule has 0 aliphatic carbocycles. The van der Waals surface area contributed by atoms with Crippen molar-refractivity contribution in [3.05, 3.63) is 167 Å². The average molecular weight is 493 g/mol. The van der Waals surface area contributed by atoms with Gasteiger partial charge in [-0.1, -0.05) is 98.8 Å². The lowest BCUT2D eigenvalue weighted by Gasteiger charge is -2.32. The van der Waals surface area contributed by atoms with Crippen molar-refractivity contribution < 1.29 is 0 Å². The fourth-order valence-corrected chi connectivity index (χ4v) is 5.84. The van der Waals surface area contributed by atoms with Gasteiger partial charge in [0, 0.05) is 17.8 Å². The van der Waals surface area contributed by atoms with Crippen LogP contribution >= 0.6 is 0 Å². The Morgan fingerprint density at radius 3 is 1.34 bits per heavy atom. The third kappa shape index (κ3) is 3.30. The number of benzene rings is 4. The lowest BCUT2D eigenvalue weighted by atomic mass is 9.69. The van der Waals surface area contributed by atoms with Crippen LogP contribution in [-0.4, -0.2) is 19.6 Å². The SMILES string of the molecule is CC1(C)c2cccc(c2)-n2ccc(n2)C(c2ccccc2)(c2ccccc2)c2ccn(n2)-c2cccc1c2. The van der Waals surface area contributed by atoms with E-state index in [4.69, 9.17) is 10.2 Å². The molecule has 1 aliphatic heterocycles. The third-order valence-corrected chi connectivity index (χ3v) is 8.02. The summed E-state index contributed by atoms with van der Waals surface area (Å²) in [5.74, 6) is 0. The zero-order chi connectivity index (χ0) is 25.7. The lowest BCUT2D eigenvalue weighted by molar-refractivity contribution is 0.632. The number of fused-ring (bicyclic) bond motifs is 10. The van der Waals surface area contributed by atoms with Gasteiger partial charge in [-0.2, -0.15) is 10.2 Å². The van der Waals surface area contributed by atoms with E-state index in [9.17, 15) is 0 Å². The van der Waals surface area contributed by atoms with Crippen LogP contribution in [0.25, 0.3) is 11.4 Å². The molecule has 4 nitrogen and oxygen atoms in total. The number of hydrogen-bond donors (Lipinski definition) is 0. The molecule has 0 atom stereocenters. The molecule has 6 aromatic rings. The molecule has 2 aromatic heterocycles. The van der Waals surface area contributed by atoms with Crippen LogP contribution in [0.1, 0.15) is 47.5 Å². The van der Waals surface area contributed by atoms with E-state index in [2.05, 4.69) is 148 Å². The molecular weight excluding hydrogens is 464 g/mol. The second-order valence-corrected chi connectivity index (χ2v) is 10.5. The first kappa shape index (κ1) is 22.5. The number of nitrogens with zero attached hydrogens (tertiary/aromatic N) is 4. The van der Waals surface area contributed by atoms with Gasteiger partial charge >= 0.3 is 0 Å². The van der Waals surface area contributed by atoms with E-state index in [1.165, 1.54) is 11.1 Å². The number of rotatable bonds is 2. The zero-order valence-electron chi connectivity index (χ0n) is 21.5. The van der Waals surface area contributed by atoms with E-state index in [-0.39, 0.29) is 5.41 Å². The molecule has 184 valence electrons. The van der Waals surface area contributed by atoms with Crippen molar-refractivity contribution in [2.75, 3.05) is 0 Å². The first-order valence-corrected chi connectivity index (χ1v) is 13.0. The number of aromatic nitrogens is 4. The molecule has 8 bridgehead atoms. The fourth-order valence-electron chi connectivity index (χ4n) is 5.84. The largest absolute Gasteiger partial charge is 0.241 e. The molecule has 0 unspecified atom stereocenters. The van der Waals surface area contributed by atoms with Crippen molar-refractivity contribution in [3.8, 4) is 11.4 Å². The summed E-state index contributed by atoms with van der Waals surface area (Å²) < 4.78 is 3.99. The van der Waals surface area contributed by atoms with Crippen LogP contribution < -0.4 is 0 Å². The standard InChI is InChI=1S/C34H28N4/c1-33(2)27-15-9-17-29(23-27)37-21-19-31(35-37)34(25-11-5-3-6-12-25,26-13-7-4-8-14-26)32-20-22-38(36-32)30-18-10-16-28(33)24-30/h3-24H,1-2H3. The second kappa shape index (κ2) is 8.42. The van der Waals surface area contributed by atoms with Crippen LogP contribution in [0, 0.1) is 0 Å². The molecular formula is C34H28N4. The Balaban J connectivity index is 1.61. The van der Waals surface area contributed by atoms with Gasteiger partial charge < -0.3 is 0 Å². The van der Waals surface area contributed by atoms with Crippen molar-refractivity contribution in [2.45, 2.75) is 24.7 Å². The highest BCUT2D eigenvalue weighted by Crippen LogP contribution is 2.44. The number of hydrogen-bond acceptors (Lipinski definition) is 2. The second-order valence-electron chi connectivity index (χ2n) is 10.5. The normalized spacial score (nSPS) is 15.0. The molecule has 0 spiro atoms. The van der Waals surface area contributed by atoms with E-state index < -0.39 is 5.41 Å². The van der Waals surface area contributed by atoms with Crippen LogP contribution in [-0.2, 0) is 10.8 Å².